The molecule has 0 amide bonds. The van der Waals surface area contributed by atoms with E-state index < -0.39 is 63.2 Å². The zero-order valence-electron chi connectivity index (χ0n) is 17.1. The van der Waals surface area contributed by atoms with Gasteiger partial charge in [-0.15, -0.1) is 0 Å². The first-order valence-corrected chi connectivity index (χ1v) is 10.1. The lowest BCUT2D eigenvalue weighted by atomic mass is 10.0. The summed E-state index contributed by atoms with van der Waals surface area (Å²) in [4.78, 5) is 25.1. The van der Waals surface area contributed by atoms with Gasteiger partial charge in [-0.25, -0.2) is 9.18 Å². The number of nitrogens with zero attached hydrogens (tertiary/aromatic N) is 2. The van der Waals surface area contributed by atoms with Gasteiger partial charge < -0.3 is 30.4 Å². The smallest absolute Gasteiger partial charge is 0.449 e. The summed E-state index contributed by atoms with van der Waals surface area (Å²) in [6.07, 6.45) is -4.27. The van der Waals surface area contributed by atoms with E-state index in [2.05, 4.69) is 10.1 Å². The Morgan fingerprint density at radius 3 is 2.59 bits per heavy atom. The van der Waals surface area contributed by atoms with Crippen molar-refractivity contribution in [3.63, 3.8) is 0 Å². The van der Waals surface area contributed by atoms with E-state index in [1.165, 1.54) is 4.90 Å². The highest BCUT2D eigenvalue weighted by molar-refractivity contribution is 5.99. The van der Waals surface area contributed by atoms with Gasteiger partial charge in [0.05, 0.1) is 28.5 Å². The fourth-order valence-corrected chi connectivity index (χ4v) is 4.44. The summed E-state index contributed by atoms with van der Waals surface area (Å²) >= 11 is 0. The number of hydrogen-bond acceptors (Lipinski definition) is 6. The van der Waals surface area contributed by atoms with Crippen LogP contribution in [0.15, 0.2) is 11.0 Å². The molecule has 1 aliphatic carbocycles. The van der Waals surface area contributed by atoms with E-state index in [4.69, 9.17) is 10.8 Å². The van der Waals surface area contributed by atoms with Gasteiger partial charge in [0.15, 0.2) is 11.6 Å². The number of benzene rings is 1. The first-order valence-electron chi connectivity index (χ1n) is 10.1. The summed E-state index contributed by atoms with van der Waals surface area (Å²) in [6.45, 7) is 0.954. The number of nitrogens with one attached hydrogen (secondary N) is 1. The molecule has 1 aromatic carbocycles. The van der Waals surface area contributed by atoms with Crippen LogP contribution in [-0.4, -0.2) is 42.5 Å². The Morgan fingerprint density at radius 1 is 1.34 bits per heavy atom. The van der Waals surface area contributed by atoms with Crippen LogP contribution in [-0.2, 0) is 6.18 Å². The molecule has 0 spiro atoms. The fourth-order valence-electron chi connectivity index (χ4n) is 4.44. The first kappa shape index (κ1) is 22.2. The molecule has 4 rings (SSSR count). The summed E-state index contributed by atoms with van der Waals surface area (Å²) in [7, 11) is 1.73. The van der Waals surface area contributed by atoms with Gasteiger partial charge in [0.2, 0.25) is 5.43 Å². The van der Waals surface area contributed by atoms with Crippen LogP contribution in [0.3, 0.4) is 0 Å². The Morgan fingerprint density at radius 2 is 2.03 bits per heavy atom. The van der Waals surface area contributed by atoms with Crippen LogP contribution in [0.2, 0.25) is 0 Å². The van der Waals surface area contributed by atoms with E-state index in [-0.39, 0.29) is 19.0 Å². The van der Waals surface area contributed by atoms with Gasteiger partial charge in [0, 0.05) is 19.1 Å². The zero-order chi connectivity index (χ0) is 23.4. The number of fused-ring (bicyclic) bond motifs is 1. The standard InChI is InChI=1S/C20H22F4N4O4/c1-26-6-9-4-5-27(7-9)17-13(20(22,23)24)16-12(15(25)14(17)21)18(29)11(32-19(30)31)8-28(16)10-2-3-10/h8-10,26H,2-7,25H2,1H3,(H,30,31). The monoisotopic (exact) mass is 458 g/mol. The Bertz CT molecular complexity index is 1140. The van der Waals surface area contributed by atoms with E-state index in [0.29, 0.717) is 25.8 Å². The van der Waals surface area contributed by atoms with Gasteiger partial charge >= 0.3 is 12.3 Å². The molecule has 1 atom stereocenters. The van der Waals surface area contributed by atoms with E-state index >= 15 is 4.39 Å². The van der Waals surface area contributed by atoms with Crippen molar-refractivity contribution in [2.45, 2.75) is 31.5 Å². The molecule has 2 aromatic rings. The molecule has 2 fully saturated rings. The largest absolute Gasteiger partial charge is 0.511 e. The average Bonchev–Trinajstić information content (AvgIpc) is 3.44. The van der Waals surface area contributed by atoms with Crippen molar-refractivity contribution in [3.8, 4) is 5.75 Å². The van der Waals surface area contributed by atoms with Gasteiger partial charge in [-0.1, -0.05) is 0 Å². The maximum absolute atomic E-state index is 15.4. The van der Waals surface area contributed by atoms with Crippen molar-refractivity contribution in [2.75, 3.05) is 37.3 Å². The molecule has 2 aliphatic rings. The average molecular weight is 458 g/mol. The van der Waals surface area contributed by atoms with Crippen LogP contribution in [0.5, 0.6) is 5.75 Å². The van der Waals surface area contributed by atoms with E-state index in [1.807, 2.05) is 0 Å². The van der Waals surface area contributed by atoms with Gasteiger partial charge in [-0.2, -0.15) is 13.2 Å². The topological polar surface area (TPSA) is 110 Å². The molecule has 1 saturated heterocycles. The molecule has 8 nitrogen and oxygen atoms in total. The van der Waals surface area contributed by atoms with Crippen LogP contribution in [0.25, 0.3) is 10.9 Å². The summed E-state index contributed by atoms with van der Waals surface area (Å²) < 4.78 is 64.3. The number of hydrogen-bond donors (Lipinski definition) is 3. The first-order chi connectivity index (χ1) is 15.0. The van der Waals surface area contributed by atoms with Crippen molar-refractivity contribution >= 4 is 28.4 Å². The van der Waals surface area contributed by atoms with Crippen LogP contribution in [0.4, 0.5) is 33.7 Å². The fraction of sp³-hybridized carbons (Fsp3) is 0.500. The molecule has 1 aromatic heterocycles. The lowest BCUT2D eigenvalue weighted by Gasteiger charge is -2.27. The second-order valence-electron chi connectivity index (χ2n) is 8.16. The molecule has 4 N–H and O–H groups in total. The van der Waals surface area contributed by atoms with Crippen molar-refractivity contribution in [2.24, 2.45) is 5.92 Å². The number of nitrogens with two attached hydrogens (primary N) is 1. The molecule has 174 valence electrons. The molecule has 12 heteroatoms. The van der Waals surface area contributed by atoms with Crippen molar-refractivity contribution in [1.82, 2.24) is 9.88 Å². The number of aromatic nitrogens is 1. The SMILES string of the molecule is CNCC1CCN(c2c(F)c(N)c3c(=O)c(OC(=O)O)cn(C4CC4)c3c2C(F)(F)F)C1. The number of alkyl halides is 3. The number of nitrogen functional groups attached to an aromatic ring is 1. The second kappa shape index (κ2) is 7.84. The van der Waals surface area contributed by atoms with Crippen LogP contribution >= 0.6 is 0 Å². The van der Waals surface area contributed by atoms with Gasteiger partial charge in [0.1, 0.15) is 5.56 Å². The van der Waals surface area contributed by atoms with E-state index in [9.17, 15) is 22.8 Å². The number of rotatable bonds is 5. The maximum atomic E-state index is 15.4. The molecule has 2 heterocycles. The Hall–Kier alpha value is -3.02. The van der Waals surface area contributed by atoms with Crippen LogP contribution < -0.4 is 26.1 Å². The number of anilines is 2. The Balaban J connectivity index is 2.06. The quantitative estimate of drug-likeness (QED) is 0.359. The number of halogens is 4. The summed E-state index contributed by atoms with van der Waals surface area (Å²) in [5, 5.41) is 11.1. The highest BCUT2D eigenvalue weighted by Crippen LogP contribution is 2.49. The number of carbonyl (C=O) groups is 1. The molecule has 0 bridgehead atoms. The van der Waals surface area contributed by atoms with Crippen molar-refractivity contribution in [3.05, 3.63) is 27.8 Å². The summed E-state index contributed by atoms with van der Waals surface area (Å²) in [5.74, 6) is -2.05. The lowest BCUT2D eigenvalue weighted by Crippen LogP contribution is -2.29. The third-order valence-corrected chi connectivity index (χ3v) is 5.91. The highest BCUT2D eigenvalue weighted by atomic mass is 19.4. The number of pyridine rings is 1. The number of ether oxygens (including phenoxy) is 1. The minimum Gasteiger partial charge on any atom is -0.449 e. The van der Waals surface area contributed by atoms with Crippen molar-refractivity contribution < 1.29 is 32.2 Å². The van der Waals surface area contributed by atoms with Gasteiger partial charge in [-0.3, -0.25) is 4.79 Å². The Kier molecular flexibility index (Phi) is 5.43. The predicted octanol–water partition coefficient (Wildman–Crippen LogP) is 3.18. The van der Waals surface area contributed by atoms with E-state index in [0.717, 1.165) is 10.8 Å². The minimum atomic E-state index is -5.00. The predicted molar refractivity (Wildman–Crippen MR) is 109 cm³/mol. The number of carboxylic acid groups (broad SMARTS) is 1. The third kappa shape index (κ3) is 3.72. The summed E-state index contributed by atoms with van der Waals surface area (Å²) in [5.41, 5.74) is 1.42. The van der Waals surface area contributed by atoms with Gasteiger partial charge in [0.25, 0.3) is 0 Å². The maximum Gasteiger partial charge on any atom is 0.511 e. The zero-order valence-corrected chi connectivity index (χ0v) is 17.1. The second-order valence-corrected chi connectivity index (χ2v) is 8.16. The Labute approximate surface area is 179 Å². The molecule has 0 radical (unpaired) electrons. The third-order valence-electron chi connectivity index (χ3n) is 5.91. The lowest BCUT2D eigenvalue weighted by molar-refractivity contribution is -0.136. The van der Waals surface area contributed by atoms with Gasteiger partial charge in [-0.05, 0) is 38.8 Å². The highest BCUT2D eigenvalue weighted by Gasteiger charge is 2.44. The van der Waals surface area contributed by atoms with Crippen molar-refractivity contribution in [1.29, 1.82) is 0 Å². The molecule has 32 heavy (non-hydrogen) atoms. The molecule has 1 unspecified atom stereocenters. The molecule has 1 saturated carbocycles. The molecular formula is C20H22F4N4O4. The summed E-state index contributed by atoms with van der Waals surface area (Å²) in [6, 6.07) is -0.413. The molecular weight excluding hydrogens is 436 g/mol. The van der Waals surface area contributed by atoms with Crippen LogP contribution in [0, 0.1) is 11.7 Å². The van der Waals surface area contributed by atoms with Crippen LogP contribution in [0.1, 0.15) is 30.9 Å². The minimum absolute atomic E-state index is 0.0226. The molecule has 1 aliphatic heterocycles. The van der Waals surface area contributed by atoms with E-state index in [1.54, 1.807) is 7.05 Å². The normalized spacial score (nSPS) is 19.0.